The fourth-order valence-electron chi connectivity index (χ4n) is 2.21. The van der Waals surface area contributed by atoms with Gasteiger partial charge in [-0.2, -0.15) is 11.8 Å². The third kappa shape index (κ3) is 3.12. The van der Waals surface area contributed by atoms with Gasteiger partial charge in [0.05, 0.1) is 5.60 Å². The number of carbonyl (C=O) groups is 1. The average molecular weight is 301 g/mol. The first-order valence-corrected chi connectivity index (χ1v) is 7.58. The fourth-order valence-corrected chi connectivity index (χ4v) is 3.41. The number of benzene rings is 1. The molecule has 0 bridgehead atoms. The van der Waals surface area contributed by atoms with Crippen LogP contribution in [0.25, 0.3) is 0 Å². The van der Waals surface area contributed by atoms with Crippen LogP contribution in [-0.4, -0.2) is 34.2 Å². The molecular weight excluding hydrogens is 284 g/mol. The topological polar surface area (TPSA) is 49.3 Å². The Balaban J connectivity index is 1.93. The Labute approximate surface area is 120 Å². The maximum atomic E-state index is 13.0. The summed E-state index contributed by atoms with van der Waals surface area (Å²) in [7, 11) is 0. The minimum Gasteiger partial charge on any atom is -0.387 e. The number of rotatable bonds is 5. The first kappa shape index (κ1) is 15.3. The Kier molecular flexibility index (Phi) is 4.65. The molecule has 1 aromatic rings. The lowest BCUT2D eigenvalue weighted by Gasteiger charge is -2.45. The Morgan fingerprint density at radius 1 is 1.50 bits per heavy atom. The summed E-state index contributed by atoms with van der Waals surface area (Å²) in [5.41, 5.74) is -0.846. The van der Waals surface area contributed by atoms with Crippen LogP contribution in [-0.2, 0) is 0 Å². The zero-order chi connectivity index (χ0) is 14.8. The second-order valence-electron chi connectivity index (χ2n) is 4.90. The van der Waals surface area contributed by atoms with Crippen LogP contribution in [0, 0.1) is 11.6 Å². The molecule has 20 heavy (non-hydrogen) atoms. The molecule has 0 spiro atoms. The van der Waals surface area contributed by atoms with Crippen molar-refractivity contribution in [3.8, 4) is 0 Å². The summed E-state index contributed by atoms with van der Waals surface area (Å²) in [6.07, 6.45) is 1.57. The van der Waals surface area contributed by atoms with Crippen LogP contribution in [0.5, 0.6) is 0 Å². The molecule has 0 heterocycles. The standard InChI is InChI=1S/C14H17F2NO2S/c1-2-20-12-5-6-14(12,19)8-17-13(18)9-3-4-10(15)11(16)7-9/h3-4,7,12,19H,2,5-6,8H2,1H3,(H,17,18)/t12-,14+/m0/s1. The first-order chi connectivity index (χ1) is 9.46. The smallest absolute Gasteiger partial charge is 0.251 e. The van der Waals surface area contributed by atoms with Crippen molar-refractivity contribution in [3.05, 3.63) is 35.4 Å². The van der Waals surface area contributed by atoms with Crippen molar-refractivity contribution in [2.75, 3.05) is 12.3 Å². The van der Waals surface area contributed by atoms with E-state index in [1.165, 1.54) is 6.07 Å². The molecule has 110 valence electrons. The van der Waals surface area contributed by atoms with Crippen molar-refractivity contribution in [2.45, 2.75) is 30.6 Å². The highest BCUT2D eigenvalue weighted by Crippen LogP contribution is 2.40. The van der Waals surface area contributed by atoms with Crippen LogP contribution in [0.3, 0.4) is 0 Å². The van der Waals surface area contributed by atoms with Gasteiger partial charge in [-0.25, -0.2) is 8.78 Å². The van der Waals surface area contributed by atoms with Gasteiger partial charge in [0, 0.05) is 17.4 Å². The van der Waals surface area contributed by atoms with Crippen molar-refractivity contribution < 1.29 is 18.7 Å². The summed E-state index contributed by atoms with van der Waals surface area (Å²) in [5.74, 6) is -1.65. The van der Waals surface area contributed by atoms with E-state index in [1.807, 2.05) is 6.92 Å². The van der Waals surface area contributed by atoms with Gasteiger partial charge in [0.15, 0.2) is 11.6 Å². The SMILES string of the molecule is CCS[C@H]1CC[C@@]1(O)CNC(=O)c1ccc(F)c(F)c1. The molecule has 3 nitrogen and oxygen atoms in total. The summed E-state index contributed by atoms with van der Waals surface area (Å²) < 4.78 is 25.8. The van der Waals surface area contributed by atoms with E-state index in [-0.39, 0.29) is 17.4 Å². The number of nitrogens with one attached hydrogen (secondary N) is 1. The summed E-state index contributed by atoms with van der Waals surface area (Å²) >= 11 is 1.67. The maximum Gasteiger partial charge on any atom is 0.251 e. The third-order valence-electron chi connectivity index (χ3n) is 3.54. The lowest BCUT2D eigenvalue weighted by molar-refractivity contribution is -0.0221. The number of carbonyl (C=O) groups excluding carboxylic acids is 1. The molecule has 1 fully saturated rings. The van der Waals surface area contributed by atoms with Gasteiger partial charge in [-0.1, -0.05) is 6.92 Å². The van der Waals surface area contributed by atoms with E-state index < -0.39 is 23.1 Å². The van der Waals surface area contributed by atoms with Gasteiger partial charge in [0.1, 0.15) is 0 Å². The van der Waals surface area contributed by atoms with Gasteiger partial charge in [0.25, 0.3) is 5.91 Å². The van der Waals surface area contributed by atoms with Crippen LogP contribution < -0.4 is 5.32 Å². The van der Waals surface area contributed by atoms with Crippen LogP contribution >= 0.6 is 11.8 Å². The number of aliphatic hydroxyl groups is 1. The van der Waals surface area contributed by atoms with E-state index >= 15 is 0 Å². The first-order valence-electron chi connectivity index (χ1n) is 6.53. The highest BCUT2D eigenvalue weighted by atomic mass is 32.2. The summed E-state index contributed by atoms with van der Waals surface area (Å²) in [6, 6.07) is 2.99. The number of hydrogen-bond donors (Lipinski definition) is 2. The van der Waals surface area contributed by atoms with E-state index in [2.05, 4.69) is 5.32 Å². The molecule has 0 radical (unpaired) electrons. The predicted molar refractivity (Wildman–Crippen MR) is 74.8 cm³/mol. The Hall–Kier alpha value is -1.14. The largest absolute Gasteiger partial charge is 0.387 e. The molecule has 1 amide bonds. The van der Waals surface area contributed by atoms with Gasteiger partial charge in [0.2, 0.25) is 0 Å². The van der Waals surface area contributed by atoms with Crippen molar-refractivity contribution in [1.29, 1.82) is 0 Å². The molecule has 1 saturated carbocycles. The highest BCUT2D eigenvalue weighted by Gasteiger charge is 2.45. The quantitative estimate of drug-likeness (QED) is 0.877. The highest BCUT2D eigenvalue weighted by molar-refractivity contribution is 8.00. The second kappa shape index (κ2) is 6.10. The number of halogens is 2. The normalized spacial score (nSPS) is 25.1. The van der Waals surface area contributed by atoms with Crippen LogP contribution in [0.1, 0.15) is 30.1 Å². The van der Waals surface area contributed by atoms with Crippen molar-refractivity contribution >= 4 is 17.7 Å². The average Bonchev–Trinajstić information content (AvgIpc) is 2.43. The van der Waals surface area contributed by atoms with Gasteiger partial charge in [-0.3, -0.25) is 4.79 Å². The molecule has 0 saturated heterocycles. The lowest BCUT2D eigenvalue weighted by Crippen LogP contribution is -2.57. The van der Waals surface area contributed by atoms with Crippen molar-refractivity contribution in [2.24, 2.45) is 0 Å². The Bertz CT molecular complexity index is 512. The van der Waals surface area contributed by atoms with E-state index in [9.17, 15) is 18.7 Å². The molecular formula is C14H17F2NO2S. The van der Waals surface area contributed by atoms with Crippen LogP contribution in [0.15, 0.2) is 18.2 Å². The molecule has 6 heteroatoms. The Morgan fingerprint density at radius 2 is 2.25 bits per heavy atom. The number of thioether (sulfide) groups is 1. The lowest BCUT2D eigenvalue weighted by atomic mass is 9.79. The summed E-state index contributed by atoms with van der Waals surface area (Å²) in [6.45, 7) is 2.14. The molecule has 2 N–H and O–H groups in total. The molecule has 2 rings (SSSR count). The van der Waals surface area contributed by atoms with Gasteiger partial charge < -0.3 is 10.4 Å². The van der Waals surface area contributed by atoms with E-state index in [0.29, 0.717) is 6.42 Å². The summed E-state index contributed by atoms with van der Waals surface area (Å²) in [4.78, 5) is 11.8. The fraction of sp³-hybridized carbons (Fsp3) is 0.500. The summed E-state index contributed by atoms with van der Waals surface area (Å²) in [5, 5.41) is 13.0. The third-order valence-corrected chi connectivity index (χ3v) is 4.95. The maximum absolute atomic E-state index is 13.0. The van der Waals surface area contributed by atoms with Crippen LogP contribution in [0.2, 0.25) is 0 Å². The zero-order valence-electron chi connectivity index (χ0n) is 11.2. The molecule has 0 aromatic heterocycles. The van der Waals surface area contributed by atoms with Crippen molar-refractivity contribution in [1.82, 2.24) is 5.32 Å². The van der Waals surface area contributed by atoms with Crippen molar-refractivity contribution in [3.63, 3.8) is 0 Å². The predicted octanol–water partition coefficient (Wildman–Crippen LogP) is 2.34. The molecule has 0 aliphatic heterocycles. The van der Waals surface area contributed by atoms with Gasteiger partial charge in [-0.05, 0) is 36.8 Å². The number of hydrogen-bond acceptors (Lipinski definition) is 3. The monoisotopic (exact) mass is 301 g/mol. The molecule has 1 aromatic carbocycles. The zero-order valence-corrected chi connectivity index (χ0v) is 12.0. The van der Waals surface area contributed by atoms with Crippen LogP contribution in [0.4, 0.5) is 8.78 Å². The minimum atomic E-state index is -1.06. The second-order valence-corrected chi connectivity index (χ2v) is 6.38. The molecule has 1 aliphatic carbocycles. The minimum absolute atomic E-state index is 0.0477. The number of amides is 1. The van der Waals surface area contributed by atoms with E-state index in [4.69, 9.17) is 0 Å². The van der Waals surface area contributed by atoms with E-state index in [0.717, 1.165) is 24.3 Å². The molecule has 2 atom stereocenters. The van der Waals surface area contributed by atoms with E-state index in [1.54, 1.807) is 11.8 Å². The van der Waals surface area contributed by atoms with Gasteiger partial charge in [-0.15, -0.1) is 0 Å². The van der Waals surface area contributed by atoms with Gasteiger partial charge >= 0.3 is 0 Å². The Morgan fingerprint density at radius 3 is 2.80 bits per heavy atom. The molecule has 0 unspecified atom stereocenters. The molecule has 1 aliphatic rings.